The second-order valence-electron chi connectivity index (χ2n) is 10.2. The molecular formula is C29H35N7S. The predicted molar refractivity (Wildman–Crippen MR) is 156 cm³/mol. The lowest BCUT2D eigenvalue weighted by molar-refractivity contribution is 0.719. The van der Waals surface area contributed by atoms with Crippen LogP contribution in [0.25, 0.3) is 0 Å². The summed E-state index contributed by atoms with van der Waals surface area (Å²) in [5.74, 6) is 2.48. The number of hydrogen-bond donors (Lipinski definition) is 2. The lowest BCUT2D eigenvalue weighted by Gasteiger charge is -2.30. The van der Waals surface area contributed by atoms with E-state index >= 15 is 0 Å². The normalized spacial score (nSPS) is 17.1. The highest BCUT2D eigenvalue weighted by Gasteiger charge is 2.22. The van der Waals surface area contributed by atoms with E-state index in [1.54, 1.807) is 0 Å². The van der Waals surface area contributed by atoms with Crippen LogP contribution in [0, 0.1) is 0 Å². The number of benzene rings is 2. The number of thiocarbonyl (C=S) groups is 1. The van der Waals surface area contributed by atoms with Crippen molar-refractivity contribution in [2.45, 2.75) is 45.2 Å². The van der Waals surface area contributed by atoms with E-state index in [4.69, 9.17) is 22.2 Å². The van der Waals surface area contributed by atoms with E-state index in [1.807, 2.05) is 0 Å². The quantitative estimate of drug-likeness (QED) is 0.459. The largest absolute Gasteiger partial charge is 0.372 e. The molecule has 2 fully saturated rings. The molecule has 4 heterocycles. The summed E-state index contributed by atoms with van der Waals surface area (Å²) >= 11 is 5.64. The standard InChI is InChI=1S/C29H35N7S/c37-29(30-20-22-9-11-25(12-10-22)34-14-3-4-15-34)33-28-31-26(35-16-5-6-17-35)19-27(32-28)36-18-13-23-7-1-2-8-24(23)21-36/h1-2,7-12,19H,3-6,13-18,20-21H2,(H2,30,31,32,33,37). The Labute approximate surface area is 224 Å². The topological polar surface area (TPSA) is 59.6 Å². The van der Waals surface area contributed by atoms with Crippen LogP contribution in [-0.2, 0) is 19.5 Å². The van der Waals surface area contributed by atoms with Gasteiger partial charge in [-0.25, -0.2) is 0 Å². The fraction of sp³-hybridized carbons (Fsp3) is 0.414. The minimum Gasteiger partial charge on any atom is -0.372 e. The molecule has 6 rings (SSSR count). The molecule has 2 aromatic carbocycles. The summed E-state index contributed by atoms with van der Waals surface area (Å²) in [5, 5.41) is 7.14. The average Bonchev–Trinajstić information content (AvgIpc) is 3.67. The van der Waals surface area contributed by atoms with E-state index in [-0.39, 0.29) is 0 Å². The lowest BCUT2D eigenvalue weighted by Crippen LogP contribution is -2.33. The van der Waals surface area contributed by atoms with Gasteiger partial charge in [-0.15, -0.1) is 0 Å². The van der Waals surface area contributed by atoms with Crippen molar-refractivity contribution in [3.8, 4) is 0 Å². The average molecular weight is 514 g/mol. The van der Waals surface area contributed by atoms with E-state index < -0.39 is 0 Å². The molecule has 0 radical (unpaired) electrons. The van der Waals surface area contributed by atoms with Crippen LogP contribution in [0.2, 0.25) is 0 Å². The van der Waals surface area contributed by atoms with Crippen LogP contribution in [0.5, 0.6) is 0 Å². The molecule has 3 aliphatic rings. The van der Waals surface area contributed by atoms with Crippen LogP contribution in [0.4, 0.5) is 23.3 Å². The van der Waals surface area contributed by atoms with E-state index in [2.05, 4.69) is 79.9 Å². The van der Waals surface area contributed by atoms with Gasteiger partial charge in [-0.05, 0) is 73.1 Å². The Hall–Kier alpha value is -3.39. The maximum Gasteiger partial charge on any atom is 0.232 e. The predicted octanol–water partition coefficient (Wildman–Crippen LogP) is 4.73. The zero-order chi connectivity index (χ0) is 25.0. The van der Waals surface area contributed by atoms with Gasteiger partial charge in [0.1, 0.15) is 11.6 Å². The molecule has 37 heavy (non-hydrogen) atoms. The number of fused-ring (bicyclic) bond motifs is 1. The Morgan fingerprint density at radius 3 is 2.14 bits per heavy atom. The van der Waals surface area contributed by atoms with Crippen molar-refractivity contribution >= 4 is 40.6 Å². The third-order valence-electron chi connectivity index (χ3n) is 7.67. The molecule has 8 heteroatoms. The molecule has 0 bridgehead atoms. The molecule has 0 saturated carbocycles. The Morgan fingerprint density at radius 1 is 0.757 bits per heavy atom. The number of anilines is 4. The first-order valence-electron chi connectivity index (χ1n) is 13.6. The number of rotatable bonds is 6. The molecule has 0 aliphatic carbocycles. The highest BCUT2D eigenvalue weighted by Crippen LogP contribution is 2.28. The molecule has 1 aromatic heterocycles. The fourth-order valence-electron chi connectivity index (χ4n) is 5.57. The lowest BCUT2D eigenvalue weighted by atomic mass is 10.00. The Kier molecular flexibility index (Phi) is 7.08. The fourth-order valence-corrected chi connectivity index (χ4v) is 5.73. The Balaban J connectivity index is 1.14. The zero-order valence-electron chi connectivity index (χ0n) is 21.3. The number of hydrogen-bond acceptors (Lipinski definition) is 6. The van der Waals surface area contributed by atoms with Gasteiger partial charge in [-0.2, -0.15) is 9.97 Å². The van der Waals surface area contributed by atoms with Crippen molar-refractivity contribution in [3.05, 3.63) is 71.3 Å². The molecule has 0 spiro atoms. The molecule has 2 N–H and O–H groups in total. The summed E-state index contributed by atoms with van der Waals surface area (Å²) in [4.78, 5) is 16.9. The summed E-state index contributed by atoms with van der Waals surface area (Å²) in [6.07, 6.45) is 6.01. The van der Waals surface area contributed by atoms with Crippen molar-refractivity contribution in [3.63, 3.8) is 0 Å². The molecule has 0 unspecified atom stereocenters. The van der Waals surface area contributed by atoms with Gasteiger partial charge in [0.05, 0.1) is 0 Å². The van der Waals surface area contributed by atoms with Crippen molar-refractivity contribution in [2.75, 3.05) is 52.7 Å². The highest BCUT2D eigenvalue weighted by atomic mass is 32.1. The first kappa shape index (κ1) is 24.0. The van der Waals surface area contributed by atoms with E-state index in [0.29, 0.717) is 17.6 Å². The van der Waals surface area contributed by atoms with Crippen LogP contribution < -0.4 is 25.3 Å². The van der Waals surface area contributed by atoms with E-state index in [0.717, 1.165) is 57.3 Å². The number of nitrogens with zero attached hydrogens (tertiary/aromatic N) is 5. The molecule has 2 saturated heterocycles. The van der Waals surface area contributed by atoms with E-state index in [1.165, 1.54) is 48.1 Å². The molecule has 3 aromatic rings. The monoisotopic (exact) mass is 513 g/mol. The molecule has 0 amide bonds. The Bertz CT molecular complexity index is 1230. The first-order chi connectivity index (χ1) is 18.2. The van der Waals surface area contributed by atoms with Crippen molar-refractivity contribution in [2.24, 2.45) is 0 Å². The highest BCUT2D eigenvalue weighted by molar-refractivity contribution is 7.80. The summed E-state index contributed by atoms with van der Waals surface area (Å²) in [7, 11) is 0. The van der Waals surface area contributed by atoms with Crippen molar-refractivity contribution in [1.29, 1.82) is 0 Å². The van der Waals surface area contributed by atoms with Gasteiger partial charge in [0, 0.05) is 57.6 Å². The Morgan fingerprint density at radius 2 is 1.41 bits per heavy atom. The van der Waals surface area contributed by atoms with Crippen LogP contribution in [0.3, 0.4) is 0 Å². The van der Waals surface area contributed by atoms with Gasteiger partial charge in [-0.1, -0.05) is 36.4 Å². The van der Waals surface area contributed by atoms with E-state index in [9.17, 15) is 0 Å². The van der Waals surface area contributed by atoms with Crippen LogP contribution >= 0.6 is 12.2 Å². The van der Waals surface area contributed by atoms with Gasteiger partial charge >= 0.3 is 0 Å². The molecule has 3 aliphatic heterocycles. The molecule has 192 valence electrons. The second-order valence-corrected chi connectivity index (χ2v) is 10.6. The smallest absolute Gasteiger partial charge is 0.232 e. The maximum atomic E-state index is 5.64. The number of nitrogens with one attached hydrogen (secondary N) is 2. The number of aromatic nitrogens is 2. The summed E-state index contributed by atoms with van der Waals surface area (Å²) < 4.78 is 0. The van der Waals surface area contributed by atoms with Crippen LogP contribution in [-0.4, -0.2) is 47.8 Å². The van der Waals surface area contributed by atoms with Gasteiger partial charge < -0.3 is 25.3 Å². The minimum atomic E-state index is 0.539. The third-order valence-corrected chi connectivity index (χ3v) is 7.92. The zero-order valence-corrected chi connectivity index (χ0v) is 22.1. The first-order valence-corrected chi connectivity index (χ1v) is 14.0. The summed E-state index contributed by atoms with van der Waals surface area (Å²) in [5.41, 5.74) is 5.32. The summed E-state index contributed by atoms with van der Waals surface area (Å²) in [6, 6.07) is 19.6. The maximum absolute atomic E-state index is 5.64. The molecule has 7 nitrogen and oxygen atoms in total. The third kappa shape index (κ3) is 5.64. The van der Waals surface area contributed by atoms with Crippen molar-refractivity contribution < 1.29 is 0 Å². The van der Waals surface area contributed by atoms with Gasteiger partial charge in [-0.3, -0.25) is 0 Å². The van der Waals surface area contributed by atoms with Crippen LogP contribution in [0.1, 0.15) is 42.4 Å². The molecule has 0 atom stereocenters. The van der Waals surface area contributed by atoms with Crippen molar-refractivity contribution in [1.82, 2.24) is 15.3 Å². The van der Waals surface area contributed by atoms with Gasteiger partial charge in [0.15, 0.2) is 5.11 Å². The van der Waals surface area contributed by atoms with Gasteiger partial charge in [0.2, 0.25) is 5.95 Å². The molecular weight excluding hydrogens is 478 g/mol. The summed E-state index contributed by atoms with van der Waals surface area (Å²) in [6.45, 7) is 6.87. The SMILES string of the molecule is S=C(NCc1ccc(N2CCCC2)cc1)Nc1nc(N2CCCC2)cc(N2CCc3ccccc3C2)n1. The minimum absolute atomic E-state index is 0.539. The second kappa shape index (κ2) is 10.9. The van der Waals surface area contributed by atoms with Gasteiger partial charge in [0.25, 0.3) is 0 Å². The van der Waals surface area contributed by atoms with Crippen LogP contribution in [0.15, 0.2) is 54.6 Å².